The van der Waals surface area contributed by atoms with Gasteiger partial charge in [0.1, 0.15) is 17.3 Å². The van der Waals surface area contributed by atoms with E-state index in [1.54, 1.807) is 56.3 Å². The maximum Gasteiger partial charge on any atom is 0.191 e. The van der Waals surface area contributed by atoms with Crippen molar-refractivity contribution >= 4 is 41.7 Å². The molecule has 0 saturated carbocycles. The summed E-state index contributed by atoms with van der Waals surface area (Å²) in [5.41, 5.74) is 0.735. The highest BCUT2D eigenvalue weighted by Crippen LogP contribution is 2.22. The maximum atomic E-state index is 12.9. The van der Waals surface area contributed by atoms with Crippen LogP contribution in [0.4, 0.5) is 4.39 Å². The van der Waals surface area contributed by atoms with Gasteiger partial charge in [-0.15, -0.1) is 35.7 Å². The molecule has 0 radical (unpaired) electrons. The summed E-state index contributed by atoms with van der Waals surface area (Å²) in [5, 5.41) is 16.3. The van der Waals surface area contributed by atoms with Crippen LogP contribution in [0.25, 0.3) is 0 Å². The molecule has 0 atom stereocenters. The third-order valence-electron chi connectivity index (χ3n) is 3.65. The van der Waals surface area contributed by atoms with Crippen molar-refractivity contribution in [2.75, 3.05) is 26.5 Å². The Labute approximate surface area is 180 Å². The molecule has 0 aliphatic rings. The van der Waals surface area contributed by atoms with E-state index in [-0.39, 0.29) is 35.5 Å². The summed E-state index contributed by atoms with van der Waals surface area (Å²) >= 11 is 1.69. The van der Waals surface area contributed by atoms with E-state index in [4.69, 9.17) is 4.74 Å². The number of guanidine groups is 1. The van der Waals surface area contributed by atoms with Gasteiger partial charge in [-0.25, -0.2) is 4.39 Å². The number of thioether (sulfide) groups is 1. The Balaban J connectivity index is 0.00000364. The largest absolute Gasteiger partial charge is 0.508 e. The molecule has 27 heavy (non-hydrogen) atoms. The van der Waals surface area contributed by atoms with E-state index in [2.05, 4.69) is 15.6 Å². The summed E-state index contributed by atoms with van der Waals surface area (Å²) in [4.78, 5) is 5.23. The topological polar surface area (TPSA) is 65.9 Å². The van der Waals surface area contributed by atoms with Crippen molar-refractivity contribution in [3.05, 3.63) is 53.8 Å². The quantitative estimate of drug-likeness (QED) is 0.167. The van der Waals surface area contributed by atoms with Gasteiger partial charge in [0.25, 0.3) is 0 Å². The number of aromatic hydroxyl groups is 1. The lowest BCUT2D eigenvalue weighted by Crippen LogP contribution is -2.37. The molecule has 5 nitrogen and oxygen atoms in total. The van der Waals surface area contributed by atoms with Gasteiger partial charge in [-0.3, -0.25) is 4.99 Å². The van der Waals surface area contributed by atoms with E-state index in [0.717, 1.165) is 29.2 Å². The Hall–Kier alpha value is -1.68. The Morgan fingerprint density at radius 1 is 1.19 bits per heavy atom. The number of ether oxygens (including phenoxy) is 1. The van der Waals surface area contributed by atoms with E-state index in [1.165, 1.54) is 12.1 Å². The number of rotatable bonds is 8. The first kappa shape index (κ1) is 23.4. The first-order chi connectivity index (χ1) is 12.6. The van der Waals surface area contributed by atoms with E-state index < -0.39 is 0 Å². The highest BCUT2D eigenvalue weighted by atomic mass is 127. The monoisotopic (exact) mass is 505 g/mol. The van der Waals surface area contributed by atoms with Gasteiger partial charge in [-0.2, -0.15) is 0 Å². The fraction of sp³-hybridized carbons (Fsp3) is 0.316. The zero-order chi connectivity index (χ0) is 18.8. The number of hydrogen-bond acceptors (Lipinski definition) is 4. The van der Waals surface area contributed by atoms with Gasteiger partial charge in [-0.1, -0.05) is 0 Å². The van der Waals surface area contributed by atoms with Gasteiger partial charge >= 0.3 is 0 Å². The Morgan fingerprint density at radius 2 is 1.93 bits per heavy atom. The molecule has 0 aromatic heterocycles. The van der Waals surface area contributed by atoms with Crippen LogP contribution in [-0.2, 0) is 6.54 Å². The predicted molar refractivity (Wildman–Crippen MR) is 120 cm³/mol. The van der Waals surface area contributed by atoms with Crippen LogP contribution in [0.2, 0.25) is 0 Å². The Kier molecular flexibility index (Phi) is 11.0. The van der Waals surface area contributed by atoms with Gasteiger partial charge in [0.15, 0.2) is 5.96 Å². The summed E-state index contributed by atoms with van der Waals surface area (Å²) < 4.78 is 18.0. The van der Waals surface area contributed by atoms with Gasteiger partial charge in [0, 0.05) is 30.6 Å². The van der Waals surface area contributed by atoms with Crippen molar-refractivity contribution in [1.29, 1.82) is 0 Å². The van der Waals surface area contributed by atoms with Crippen molar-refractivity contribution in [2.24, 2.45) is 4.99 Å². The first-order valence-electron chi connectivity index (χ1n) is 8.31. The predicted octanol–water partition coefficient (Wildman–Crippen LogP) is 4.01. The molecule has 0 saturated heterocycles. The maximum absolute atomic E-state index is 12.9. The summed E-state index contributed by atoms with van der Waals surface area (Å²) in [6, 6.07) is 11.6. The lowest BCUT2D eigenvalue weighted by atomic mass is 10.2. The van der Waals surface area contributed by atoms with Gasteiger partial charge in [0.05, 0.1) is 7.11 Å². The number of halogens is 2. The number of aliphatic imine (C=N–C) groups is 1. The normalized spacial score (nSPS) is 10.9. The average molecular weight is 505 g/mol. The Morgan fingerprint density at radius 3 is 2.59 bits per heavy atom. The number of phenols is 1. The van der Waals surface area contributed by atoms with Crippen molar-refractivity contribution < 1.29 is 14.2 Å². The first-order valence-corrected chi connectivity index (χ1v) is 9.29. The molecule has 0 spiro atoms. The number of phenolic OH excluding ortho intramolecular Hbond substituents is 1. The zero-order valence-electron chi connectivity index (χ0n) is 15.4. The number of nitrogens with zero attached hydrogens (tertiary/aromatic N) is 1. The van der Waals surface area contributed by atoms with Crippen LogP contribution in [0, 0.1) is 5.82 Å². The smallest absolute Gasteiger partial charge is 0.191 e. The molecule has 0 bridgehead atoms. The van der Waals surface area contributed by atoms with E-state index in [9.17, 15) is 9.50 Å². The van der Waals surface area contributed by atoms with Crippen molar-refractivity contribution in [2.45, 2.75) is 17.9 Å². The van der Waals surface area contributed by atoms with E-state index in [0.29, 0.717) is 18.3 Å². The van der Waals surface area contributed by atoms with Gasteiger partial charge < -0.3 is 20.5 Å². The van der Waals surface area contributed by atoms with Crippen LogP contribution in [0.5, 0.6) is 11.5 Å². The molecule has 0 heterocycles. The van der Waals surface area contributed by atoms with Crippen LogP contribution >= 0.6 is 35.7 Å². The van der Waals surface area contributed by atoms with Crippen LogP contribution in [-0.4, -0.2) is 37.5 Å². The van der Waals surface area contributed by atoms with E-state index >= 15 is 0 Å². The minimum Gasteiger partial charge on any atom is -0.508 e. The summed E-state index contributed by atoms with van der Waals surface area (Å²) in [6.45, 7) is 1.20. The molecule has 2 aromatic carbocycles. The minimum atomic E-state index is -0.215. The van der Waals surface area contributed by atoms with Crippen LogP contribution in [0.3, 0.4) is 0 Å². The number of methoxy groups -OCH3 is 1. The second-order valence-electron chi connectivity index (χ2n) is 5.50. The SMILES string of the molecule is CN=C(NCCCSc1ccc(F)cc1)NCc1cc(OC)ccc1O.I. The molecular formula is C19H25FIN3O2S. The molecule has 0 fully saturated rings. The number of hydrogen-bond donors (Lipinski definition) is 3. The summed E-state index contributed by atoms with van der Waals surface area (Å²) in [5.74, 6) is 2.28. The van der Waals surface area contributed by atoms with Crippen molar-refractivity contribution in [3.8, 4) is 11.5 Å². The molecule has 148 valence electrons. The molecule has 8 heteroatoms. The second-order valence-corrected chi connectivity index (χ2v) is 6.67. The van der Waals surface area contributed by atoms with Crippen molar-refractivity contribution in [3.63, 3.8) is 0 Å². The number of benzene rings is 2. The molecule has 0 amide bonds. The van der Waals surface area contributed by atoms with Gasteiger partial charge in [-0.05, 0) is 54.6 Å². The summed E-state index contributed by atoms with van der Waals surface area (Å²) in [6.07, 6.45) is 0.938. The molecule has 2 aromatic rings. The second kappa shape index (κ2) is 12.7. The molecule has 0 aliphatic carbocycles. The standard InChI is InChI=1S/C19H24FN3O2S.HI/c1-21-19(23-13-14-12-16(25-2)6-9-18(14)24)22-10-3-11-26-17-7-4-15(20)5-8-17;/h4-9,12,24H,3,10-11,13H2,1-2H3,(H2,21,22,23);1H. The van der Waals surface area contributed by atoms with E-state index in [1.807, 2.05) is 0 Å². The molecule has 3 N–H and O–H groups in total. The zero-order valence-corrected chi connectivity index (χ0v) is 18.5. The van der Waals surface area contributed by atoms with Crippen LogP contribution in [0.1, 0.15) is 12.0 Å². The fourth-order valence-corrected chi connectivity index (χ4v) is 3.08. The fourth-order valence-electron chi connectivity index (χ4n) is 2.23. The Bertz CT molecular complexity index is 729. The highest BCUT2D eigenvalue weighted by Gasteiger charge is 2.05. The highest BCUT2D eigenvalue weighted by molar-refractivity contribution is 14.0. The third-order valence-corrected chi connectivity index (χ3v) is 4.75. The lowest BCUT2D eigenvalue weighted by Gasteiger charge is -2.13. The minimum absolute atomic E-state index is 0. The van der Waals surface area contributed by atoms with Gasteiger partial charge in [0.2, 0.25) is 0 Å². The van der Waals surface area contributed by atoms with Crippen molar-refractivity contribution in [1.82, 2.24) is 10.6 Å². The lowest BCUT2D eigenvalue weighted by molar-refractivity contribution is 0.410. The molecule has 2 rings (SSSR count). The third kappa shape index (κ3) is 8.25. The van der Waals surface area contributed by atoms with Crippen LogP contribution in [0.15, 0.2) is 52.4 Å². The molecular weight excluding hydrogens is 480 g/mol. The van der Waals surface area contributed by atoms with Crippen LogP contribution < -0.4 is 15.4 Å². The molecule has 0 unspecified atom stereocenters. The average Bonchev–Trinajstić information content (AvgIpc) is 2.66. The number of nitrogens with one attached hydrogen (secondary N) is 2. The summed E-state index contributed by atoms with van der Waals surface area (Å²) in [7, 11) is 3.29. The molecule has 0 aliphatic heterocycles.